The molecule has 0 aliphatic carbocycles. The molecule has 1 amide bonds. The van der Waals surface area contributed by atoms with Gasteiger partial charge in [-0.1, -0.05) is 61.9 Å². The lowest BCUT2D eigenvalue weighted by molar-refractivity contribution is -0.120. The summed E-state index contributed by atoms with van der Waals surface area (Å²) in [4.78, 5) is 15.6. The van der Waals surface area contributed by atoms with Crippen LogP contribution in [0.25, 0.3) is 10.9 Å². The first-order valence-corrected chi connectivity index (χ1v) is 8.34. The maximum absolute atomic E-state index is 12.3. The largest absolute Gasteiger partial charge is 0.361 e. The Morgan fingerprint density at radius 3 is 2.54 bits per heavy atom. The van der Waals surface area contributed by atoms with Crippen LogP contribution in [0.2, 0.25) is 0 Å². The molecule has 0 saturated heterocycles. The van der Waals surface area contributed by atoms with E-state index >= 15 is 0 Å². The molecule has 3 aromatic rings. The zero-order valence-corrected chi connectivity index (χ0v) is 14.5. The van der Waals surface area contributed by atoms with E-state index in [2.05, 4.69) is 42.5 Å². The number of aromatic nitrogens is 1. The van der Waals surface area contributed by atoms with Gasteiger partial charge in [0.2, 0.25) is 5.91 Å². The van der Waals surface area contributed by atoms with Gasteiger partial charge in [-0.3, -0.25) is 4.79 Å². The fourth-order valence-corrected chi connectivity index (χ4v) is 3.00. The summed E-state index contributed by atoms with van der Waals surface area (Å²) in [5, 5.41) is 4.30. The number of para-hydroxylation sites is 1. The van der Waals surface area contributed by atoms with Crippen LogP contribution in [0.3, 0.4) is 0 Å². The van der Waals surface area contributed by atoms with Crippen molar-refractivity contribution < 1.29 is 4.79 Å². The molecule has 124 valence electrons. The van der Waals surface area contributed by atoms with E-state index in [-0.39, 0.29) is 11.3 Å². The number of rotatable bonds is 5. The third kappa shape index (κ3) is 3.51. The Morgan fingerprint density at radius 1 is 1.08 bits per heavy atom. The minimum atomic E-state index is -0.136. The summed E-state index contributed by atoms with van der Waals surface area (Å²) in [5.41, 5.74) is 4.48. The van der Waals surface area contributed by atoms with E-state index in [0.29, 0.717) is 13.0 Å². The van der Waals surface area contributed by atoms with Crippen molar-refractivity contribution in [2.75, 3.05) is 6.54 Å². The van der Waals surface area contributed by atoms with E-state index in [1.807, 2.05) is 43.3 Å². The fraction of sp³-hybridized carbons (Fsp3) is 0.286. The number of nitrogens with one attached hydrogen (secondary N) is 2. The molecular weight excluding hydrogens is 296 g/mol. The zero-order valence-electron chi connectivity index (χ0n) is 14.5. The highest BCUT2D eigenvalue weighted by Gasteiger charge is 2.24. The van der Waals surface area contributed by atoms with E-state index in [1.165, 1.54) is 16.5 Å². The molecule has 2 aromatic carbocycles. The summed E-state index contributed by atoms with van der Waals surface area (Å²) in [7, 11) is 0. The van der Waals surface area contributed by atoms with Crippen molar-refractivity contribution in [3.8, 4) is 0 Å². The second-order valence-corrected chi connectivity index (χ2v) is 7.07. The van der Waals surface area contributed by atoms with Crippen LogP contribution >= 0.6 is 0 Å². The molecule has 3 rings (SSSR count). The molecule has 0 aliphatic heterocycles. The predicted molar refractivity (Wildman–Crippen MR) is 99.2 cm³/mol. The third-order valence-corrected chi connectivity index (χ3v) is 4.53. The van der Waals surface area contributed by atoms with Crippen LogP contribution in [-0.2, 0) is 16.6 Å². The van der Waals surface area contributed by atoms with Gasteiger partial charge in [0.25, 0.3) is 0 Å². The first kappa shape index (κ1) is 16.3. The highest BCUT2D eigenvalue weighted by molar-refractivity contribution is 5.84. The molecular formula is C21H24N2O. The molecule has 0 fully saturated rings. The van der Waals surface area contributed by atoms with Crippen molar-refractivity contribution in [3.05, 3.63) is 71.4 Å². The number of aryl methyl sites for hydroxylation is 1. The Morgan fingerprint density at radius 2 is 1.79 bits per heavy atom. The van der Waals surface area contributed by atoms with Crippen molar-refractivity contribution in [1.82, 2.24) is 10.3 Å². The minimum Gasteiger partial charge on any atom is -0.361 e. The van der Waals surface area contributed by atoms with E-state index in [9.17, 15) is 4.79 Å². The lowest BCUT2D eigenvalue weighted by Crippen LogP contribution is -2.37. The lowest BCUT2D eigenvalue weighted by atomic mass is 9.84. The smallest absolute Gasteiger partial charge is 0.224 e. The Labute approximate surface area is 143 Å². The molecule has 1 heterocycles. The number of carbonyl (C=O) groups excluding carboxylic acids is 1. The molecule has 0 saturated carbocycles. The number of amides is 1. The molecule has 2 N–H and O–H groups in total. The maximum Gasteiger partial charge on any atom is 0.224 e. The van der Waals surface area contributed by atoms with Gasteiger partial charge in [0.1, 0.15) is 0 Å². The van der Waals surface area contributed by atoms with E-state index in [4.69, 9.17) is 0 Å². The van der Waals surface area contributed by atoms with Crippen molar-refractivity contribution in [2.45, 2.75) is 32.6 Å². The van der Waals surface area contributed by atoms with Gasteiger partial charge in [-0.2, -0.15) is 0 Å². The third-order valence-electron chi connectivity index (χ3n) is 4.53. The Balaban J connectivity index is 1.66. The lowest BCUT2D eigenvalue weighted by Gasteiger charge is -2.25. The molecule has 0 spiro atoms. The SMILES string of the molecule is Cc1ccc(CC(=O)NCC(C)(C)c2c[nH]c3ccccc23)cc1. The van der Waals surface area contributed by atoms with Gasteiger partial charge in [0, 0.05) is 29.1 Å². The Kier molecular flexibility index (Phi) is 4.43. The summed E-state index contributed by atoms with van der Waals surface area (Å²) in [6, 6.07) is 16.4. The normalized spacial score (nSPS) is 11.6. The average Bonchev–Trinajstić information content (AvgIpc) is 3.00. The van der Waals surface area contributed by atoms with E-state index < -0.39 is 0 Å². The van der Waals surface area contributed by atoms with Crippen LogP contribution in [0.4, 0.5) is 0 Å². The van der Waals surface area contributed by atoms with Crippen LogP contribution in [0.1, 0.15) is 30.5 Å². The molecule has 3 nitrogen and oxygen atoms in total. The summed E-state index contributed by atoms with van der Waals surface area (Å²) < 4.78 is 0. The molecule has 1 aromatic heterocycles. The number of fused-ring (bicyclic) bond motifs is 1. The van der Waals surface area contributed by atoms with E-state index in [0.717, 1.165) is 11.1 Å². The van der Waals surface area contributed by atoms with E-state index in [1.54, 1.807) is 0 Å². The van der Waals surface area contributed by atoms with Gasteiger partial charge in [0.05, 0.1) is 6.42 Å². The highest BCUT2D eigenvalue weighted by Crippen LogP contribution is 2.29. The second kappa shape index (κ2) is 6.52. The number of carbonyl (C=O) groups is 1. The summed E-state index contributed by atoms with van der Waals surface area (Å²) in [6.07, 6.45) is 2.47. The first-order valence-electron chi connectivity index (χ1n) is 8.34. The van der Waals surface area contributed by atoms with Gasteiger partial charge in [-0.05, 0) is 24.1 Å². The first-order chi connectivity index (χ1) is 11.5. The average molecular weight is 320 g/mol. The summed E-state index contributed by atoms with van der Waals surface area (Å²) in [5.74, 6) is 0.0618. The van der Waals surface area contributed by atoms with Crippen LogP contribution in [0.15, 0.2) is 54.7 Å². The van der Waals surface area contributed by atoms with Gasteiger partial charge in [-0.25, -0.2) is 0 Å². The Hall–Kier alpha value is -2.55. The quantitative estimate of drug-likeness (QED) is 0.730. The standard InChI is InChI=1S/C21H24N2O/c1-15-8-10-16(11-9-15)12-20(24)23-14-21(2,3)18-13-22-19-7-5-4-6-17(18)19/h4-11,13,22H,12,14H2,1-3H3,(H,23,24). The predicted octanol–water partition coefficient (Wildman–Crippen LogP) is 4.11. The minimum absolute atomic E-state index is 0.0618. The van der Waals surface area contributed by atoms with Crippen molar-refractivity contribution in [3.63, 3.8) is 0 Å². The molecule has 24 heavy (non-hydrogen) atoms. The molecule has 0 unspecified atom stereocenters. The number of aromatic amines is 1. The van der Waals surface area contributed by atoms with Gasteiger partial charge in [0.15, 0.2) is 0 Å². The second-order valence-electron chi connectivity index (χ2n) is 7.07. The fourth-order valence-electron chi connectivity index (χ4n) is 3.00. The van der Waals surface area contributed by atoms with Crippen molar-refractivity contribution in [1.29, 1.82) is 0 Å². The number of hydrogen-bond donors (Lipinski definition) is 2. The highest BCUT2D eigenvalue weighted by atomic mass is 16.1. The van der Waals surface area contributed by atoms with Crippen LogP contribution in [-0.4, -0.2) is 17.4 Å². The van der Waals surface area contributed by atoms with Crippen molar-refractivity contribution >= 4 is 16.8 Å². The van der Waals surface area contributed by atoms with Crippen LogP contribution in [0, 0.1) is 6.92 Å². The number of hydrogen-bond acceptors (Lipinski definition) is 1. The maximum atomic E-state index is 12.3. The van der Waals surface area contributed by atoms with Gasteiger partial charge in [-0.15, -0.1) is 0 Å². The summed E-state index contributed by atoms with van der Waals surface area (Å²) >= 11 is 0. The van der Waals surface area contributed by atoms with Gasteiger partial charge < -0.3 is 10.3 Å². The summed E-state index contributed by atoms with van der Waals surface area (Å²) in [6.45, 7) is 6.98. The molecule has 0 atom stereocenters. The molecule has 0 radical (unpaired) electrons. The molecule has 0 aliphatic rings. The Bertz CT molecular complexity index is 844. The molecule has 0 bridgehead atoms. The monoisotopic (exact) mass is 320 g/mol. The van der Waals surface area contributed by atoms with Crippen LogP contribution in [0.5, 0.6) is 0 Å². The number of H-pyrrole nitrogens is 1. The number of benzene rings is 2. The zero-order chi connectivity index (χ0) is 17.2. The van der Waals surface area contributed by atoms with Gasteiger partial charge >= 0.3 is 0 Å². The van der Waals surface area contributed by atoms with Crippen molar-refractivity contribution in [2.24, 2.45) is 0 Å². The topological polar surface area (TPSA) is 44.9 Å². The molecule has 3 heteroatoms. The van der Waals surface area contributed by atoms with Crippen LogP contribution < -0.4 is 5.32 Å².